The van der Waals surface area contributed by atoms with E-state index in [1.54, 1.807) is 0 Å². The van der Waals surface area contributed by atoms with Crippen LogP contribution in [0.1, 0.15) is 43.7 Å². The summed E-state index contributed by atoms with van der Waals surface area (Å²) in [5.41, 5.74) is 3.46. The van der Waals surface area contributed by atoms with Crippen LogP contribution in [-0.4, -0.2) is 58.6 Å². The summed E-state index contributed by atoms with van der Waals surface area (Å²) in [7, 11) is 0. The third-order valence-corrected chi connectivity index (χ3v) is 6.78. The number of benzene rings is 1. The molecule has 4 heterocycles. The van der Waals surface area contributed by atoms with E-state index >= 15 is 0 Å². The van der Waals surface area contributed by atoms with Crippen molar-refractivity contribution < 1.29 is 14.3 Å². The molecule has 1 N–H and O–H groups in total. The number of urea groups is 1. The molecule has 0 aliphatic carbocycles. The van der Waals surface area contributed by atoms with Crippen LogP contribution in [0.2, 0.25) is 0 Å². The number of nitrogens with zero attached hydrogens (tertiary/aromatic N) is 3. The Bertz CT molecular complexity index is 926. The Morgan fingerprint density at radius 1 is 1.10 bits per heavy atom. The molecule has 0 unspecified atom stereocenters. The van der Waals surface area contributed by atoms with Gasteiger partial charge in [-0.3, -0.25) is 4.79 Å². The number of ketones is 1. The van der Waals surface area contributed by atoms with Gasteiger partial charge in [0.1, 0.15) is 5.78 Å². The summed E-state index contributed by atoms with van der Waals surface area (Å²) in [6, 6.07) is 8.51. The molecule has 2 fully saturated rings. The molecule has 0 bridgehead atoms. The molecule has 3 aliphatic heterocycles. The first-order valence-electron chi connectivity index (χ1n) is 11.0. The SMILES string of the molecule is O=C(C[C@H]1c2ccccc2-c2cncn21)C1CCN(C(=O)NC2CCOCC2)CC1. The van der Waals surface area contributed by atoms with E-state index < -0.39 is 0 Å². The topological polar surface area (TPSA) is 76.5 Å². The van der Waals surface area contributed by atoms with Crippen molar-refractivity contribution in [2.24, 2.45) is 5.92 Å². The summed E-state index contributed by atoms with van der Waals surface area (Å²) in [4.78, 5) is 31.8. The van der Waals surface area contributed by atoms with Gasteiger partial charge in [-0.05, 0) is 31.2 Å². The Labute approximate surface area is 176 Å². The maximum Gasteiger partial charge on any atom is 0.317 e. The molecule has 1 aromatic carbocycles. The van der Waals surface area contributed by atoms with Crippen LogP contribution < -0.4 is 5.32 Å². The summed E-state index contributed by atoms with van der Waals surface area (Å²) in [6.45, 7) is 2.71. The first-order chi connectivity index (χ1) is 14.7. The van der Waals surface area contributed by atoms with Gasteiger partial charge in [0, 0.05) is 50.2 Å². The van der Waals surface area contributed by atoms with E-state index in [1.807, 2.05) is 29.6 Å². The zero-order valence-electron chi connectivity index (χ0n) is 17.1. The fraction of sp³-hybridized carbons (Fsp3) is 0.522. The normalized spacial score (nSPS) is 21.9. The lowest BCUT2D eigenvalue weighted by atomic mass is 9.88. The predicted molar refractivity (Wildman–Crippen MR) is 112 cm³/mol. The number of carbonyl (C=O) groups excluding carboxylic acids is 2. The van der Waals surface area contributed by atoms with Gasteiger partial charge in [-0.25, -0.2) is 9.78 Å². The van der Waals surface area contributed by atoms with Crippen molar-refractivity contribution in [2.75, 3.05) is 26.3 Å². The average molecular weight is 409 g/mol. The van der Waals surface area contributed by atoms with Crippen molar-refractivity contribution in [3.05, 3.63) is 42.4 Å². The predicted octanol–water partition coefficient (Wildman–Crippen LogP) is 3.01. The van der Waals surface area contributed by atoms with E-state index in [0.29, 0.717) is 38.5 Å². The molecule has 0 spiro atoms. The number of imidazole rings is 1. The van der Waals surface area contributed by atoms with Gasteiger partial charge in [0.2, 0.25) is 0 Å². The van der Waals surface area contributed by atoms with Gasteiger partial charge in [0.15, 0.2) is 0 Å². The zero-order chi connectivity index (χ0) is 20.5. The molecule has 158 valence electrons. The number of rotatable bonds is 4. The van der Waals surface area contributed by atoms with Crippen LogP contribution in [0.15, 0.2) is 36.8 Å². The third-order valence-electron chi connectivity index (χ3n) is 6.78. The minimum Gasteiger partial charge on any atom is -0.381 e. The zero-order valence-corrected chi connectivity index (χ0v) is 17.1. The molecule has 3 aliphatic rings. The summed E-state index contributed by atoms with van der Waals surface area (Å²) in [5, 5.41) is 3.12. The first kappa shape index (κ1) is 19.3. The molecule has 2 aromatic rings. The molecule has 0 saturated carbocycles. The van der Waals surface area contributed by atoms with Gasteiger partial charge in [-0.1, -0.05) is 24.3 Å². The lowest BCUT2D eigenvalue weighted by Crippen LogP contribution is -2.49. The van der Waals surface area contributed by atoms with Crippen molar-refractivity contribution >= 4 is 11.8 Å². The second-order valence-corrected chi connectivity index (χ2v) is 8.56. The molecular weight excluding hydrogens is 380 g/mol. The van der Waals surface area contributed by atoms with Crippen molar-refractivity contribution in [2.45, 2.75) is 44.2 Å². The maximum absolute atomic E-state index is 13.1. The van der Waals surface area contributed by atoms with E-state index in [1.165, 1.54) is 11.1 Å². The van der Waals surface area contributed by atoms with Gasteiger partial charge in [0.05, 0.1) is 24.3 Å². The average Bonchev–Trinajstić information content (AvgIpc) is 3.37. The lowest BCUT2D eigenvalue weighted by Gasteiger charge is -2.33. The number of amides is 2. The van der Waals surface area contributed by atoms with E-state index in [-0.39, 0.29) is 24.0 Å². The van der Waals surface area contributed by atoms with Gasteiger partial charge >= 0.3 is 6.03 Å². The quantitative estimate of drug-likeness (QED) is 0.844. The van der Waals surface area contributed by atoms with E-state index in [2.05, 4.69) is 27.0 Å². The van der Waals surface area contributed by atoms with Crippen molar-refractivity contribution in [1.82, 2.24) is 19.8 Å². The highest BCUT2D eigenvalue weighted by Gasteiger charge is 2.34. The number of aromatic nitrogens is 2. The van der Waals surface area contributed by atoms with Crippen LogP contribution in [0.4, 0.5) is 4.79 Å². The van der Waals surface area contributed by atoms with Crippen LogP contribution in [0, 0.1) is 5.92 Å². The Morgan fingerprint density at radius 2 is 1.87 bits per heavy atom. The van der Waals surface area contributed by atoms with Crippen LogP contribution in [0.25, 0.3) is 11.3 Å². The molecular formula is C23H28N4O3. The molecule has 2 saturated heterocycles. The van der Waals surface area contributed by atoms with Crippen molar-refractivity contribution in [3.63, 3.8) is 0 Å². The number of hydrogen-bond acceptors (Lipinski definition) is 4. The van der Waals surface area contributed by atoms with Gasteiger partial charge in [-0.2, -0.15) is 0 Å². The molecule has 5 rings (SSSR count). The van der Waals surface area contributed by atoms with Gasteiger partial charge in [0.25, 0.3) is 0 Å². The first-order valence-corrected chi connectivity index (χ1v) is 11.0. The number of Topliss-reactive ketones (excluding diaryl/α,β-unsaturated/α-hetero) is 1. The second-order valence-electron chi connectivity index (χ2n) is 8.56. The molecule has 30 heavy (non-hydrogen) atoms. The third kappa shape index (κ3) is 3.62. The number of hydrogen-bond donors (Lipinski definition) is 1. The van der Waals surface area contributed by atoms with E-state index in [0.717, 1.165) is 31.4 Å². The Balaban J connectivity index is 1.17. The number of ether oxygens (including phenoxy) is 1. The molecule has 2 amide bonds. The Kier molecular flexibility index (Phi) is 5.29. The summed E-state index contributed by atoms with van der Waals surface area (Å²) in [5.74, 6) is 0.317. The highest BCUT2D eigenvalue weighted by Crippen LogP contribution is 2.41. The van der Waals surface area contributed by atoms with Crippen LogP contribution in [0.5, 0.6) is 0 Å². The van der Waals surface area contributed by atoms with Crippen LogP contribution in [-0.2, 0) is 9.53 Å². The summed E-state index contributed by atoms with van der Waals surface area (Å²) < 4.78 is 7.48. The fourth-order valence-electron chi connectivity index (χ4n) is 5.01. The number of likely N-dealkylation sites (tertiary alicyclic amines) is 1. The number of carbonyl (C=O) groups is 2. The highest BCUT2D eigenvalue weighted by atomic mass is 16.5. The lowest BCUT2D eigenvalue weighted by molar-refractivity contribution is -0.124. The summed E-state index contributed by atoms with van der Waals surface area (Å²) in [6.07, 6.45) is 7.42. The minimum atomic E-state index is 0.000534. The van der Waals surface area contributed by atoms with E-state index in [4.69, 9.17) is 4.74 Å². The van der Waals surface area contributed by atoms with Gasteiger partial charge < -0.3 is 19.5 Å². The molecule has 1 aromatic heterocycles. The largest absolute Gasteiger partial charge is 0.381 e. The maximum atomic E-state index is 13.1. The van der Waals surface area contributed by atoms with Gasteiger partial charge in [-0.15, -0.1) is 0 Å². The highest BCUT2D eigenvalue weighted by molar-refractivity contribution is 5.84. The van der Waals surface area contributed by atoms with Crippen LogP contribution >= 0.6 is 0 Å². The van der Waals surface area contributed by atoms with Crippen molar-refractivity contribution in [3.8, 4) is 11.3 Å². The summed E-state index contributed by atoms with van der Waals surface area (Å²) >= 11 is 0. The monoisotopic (exact) mass is 408 g/mol. The number of nitrogens with one attached hydrogen (secondary N) is 1. The molecule has 7 heteroatoms. The van der Waals surface area contributed by atoms with Crippen LogP contribution in [0.3, 0.4) is 0 Å². The van der Waals surface area contributed by atoms with Crippen molar-refractivity contribution in [1.29, 1.82) is 0 Å². The molecule has 7 nitrogen and oxygen atoms in total. The smallest absolute Gasteiger partial charge is 0.317 e. The Morgan fingerprint density at radius 3 is 2.67 bits per heavy atom. The fourth-order valence-corrected chi connectivity index (χ4v) is 5.01. The second kappa shape index (κ2) is 8.22. The molecule has 0 radical (unpaired) electrons. The Hall–Kier alpha value is -2.67. The van der Waals surface area contributed by atoms with E-state index in [9.17, 15) is 9.59 Å². The minimum absolute atomic E-state index is 0.000534. The number of fused-ring (bicyclic) bond motifs is 3. The standard InChI is InChI=1S/C23H28N4O3/c28-22(13-20-18-3-1-2-4-19(18)21-14-24-15-27(20)21)16-5-9-26(10-6-16)23(29)25-17-7-11-30-12-8-17/h1-4,14-17,20H,5-13H2,(H,25,29)/t20-/m0/s1. The molecule has 1 atom stereocenters. The number of piperidine rings is 1.